The fraction of sp³-hybridized carbons (Fsp3) is 0.333. The quantitative estimate of drug-likeness (QED) is 0.764. The minimum absolute atomic E-state index is 0. The number of aromatic nitrogens is 2. The first-order chi connectivity index (χ1) is 8.68. The molecule has 0 saturated carbocycles. The van der Waals surface area contributed by atoms with Crippen molar-refractivity contribution in [3.05, 3.63) is 24.2 Å². The summed E-state index contributed by atoms with van der Waals surface area (Å²) in [5, 5.41) is 4.22. The first-order valence-electron chi connectivity index (χ1n) is 5.88. The number of likely N-dealkylation sites (N-methyl/N-ethyl adjacent to an activating group) is 1. The number of fused-ring (bicyclic) bond motifs is 1. The molecule has 7 heteroatoms. The molecule has 0 bridgehead atoms. The maximum Gasteiger partial charge on any atom is 0.269 e. The van der Waals surface area contributed by atoms with E-state index in [1.54, 1.807) is 12.4 Å². The van der Waals surface area contributed by atoms with Crippen LogP contribution in [0.3, 0.4) is 0 Å². The second-order valence-electron chi connectivity index (χ2n) is 4.55. The van der Waals surface area contributed by atoms with Crippen molar-refractivity contribution < 1.29 is 4.79 Å². The number of H-pyrrole nitrogens is 1. The third kappa shape index (κ3) is 2.13. The van der Waals surface area contributed by atoms with E-state index >= 15 is 0 Å². The zero-order valence-corrected chi connectivity index (χ0v) is 11.3. The van der Waals surface area contributed by atoms with E-state index in [1.807, 2.05) is 13.1 Å². The zero-order valence-electron chi connectivity index (χ0n) is 10.5. The van der Waals surface area contributed by atoms with Gasteiger partial charge in [0.05, 0.1) is 23.4 Å². The lowest BCUT2D eigenvalue weighted by Crippen LogP contribution is -2.56. The van der Waals surface area contributed by atoms with Gasteiger partial charge in [-0.3, -0.25) is 4.79 Å². The van der Waals surface area contributed by atoms with Gasteiger partial charge in [0.25, 0.3) is 5.91 Å². The van der Waals surface area contributed by atoms with E-state index < -0.39 is 5.91 Å². The van der Waals surface area contributed by atoms with Crippen molar-refractivity contribution >= 4 is 34.9 Å². The molecule has 1 amide bonds. The van der Waals surface area contributed by atoms with Crippen molar-refractivity contribution in [3.8, 4) is 0 Å². The van der Waals surface area contributed by atoms with Crippen molar-refractivity contribution in [2.45, 2.75) is 6.04 Å². The fourth-order valence-corrected chi connectivity index (χ4v) is 2.25. The molecule has 1 aliphatic heterocycles. The maximum absolute atomic E-state index is 11.3. The Hall–Kier alpha value is -1.79. The van der Waals surface area contributed by atoms with Crippen LogP contribution in [0.1, 0.15) is 10.5 Å². The van der Waals surface area contributed by atoms with E-state index in [9.17, 15) is 4.79 Å². The Labute approximate surface area is 116 Å². The SMILES string of the molecule is CN(c1cnc(C(N)=O)c2[nH]ccc12)C1CNC1.Cl. The average Bonchev–Trinajstić information content (AvgIpc) is 2.73. The Morgan fingerprint density at radius 1 is 1.53 bits per heavy atom. The first-order valence-corrected chi connectivity index (χ1v) is 5.88. The van der Waals surface area contributed by atoms with E-state index in [2.05, 4.69) is 20.2 Å². The lowest BCUT2D eigenvalue weighted by Gasteiger charge is -2.37. The number of carbonyl (C=O) groups is 1. The zero-order chi connectivity index (χ0) is 12.7. The molecule has 0 spiro atoms. The molecule has 0 radical (unpaired) electrons. The van der Waals surface area contributed by atoms with E-state index in [4.69, 9.17) is 5.73 Å². The molecule has 19 heavy (non-hydrogen) atoms. The minimum Gasteiger partial charge on any atom is -0.367 e. The van der Waals surface area contributed by atoms with Gasteiger partial charge in [-0.2, -0.15) is 0 Å². The molecule has 0 atom stereocenters. The number of nitrogens with two attached hydrogens (primary N) is 1. The number of hydrogen-bond donors (Lipinski definition) is 3. The van der Waals surface area contributed by atoms with Gasteiger partial charge in [-0.1, -0.05) is 0 Å². The van der Waals surface area contributed by atoms with Gasteiger partial charge in [0.2, 0.25) is 0 Å². The van der Waals surface area contributed by atoms with Crippen molar-refractivity contribution in [2.75, 3.05) is 25.0 Å². The Morgan fingerprint density at radius 2 is 2.26 bits per heavy atom. The average molecular weight is 282 g/mol. The molecule has 0 aliphatic carbocycles. The van der Waals surface area contributed by atoms with Crippen molar-refractivity contribution in [1.82, 2.24) is 15.3 Å². The van der Waals surface area contributed by atoms with Crippen LogP contribution in [0.15, 0.2) is 18.5 Å². The standard InChI is InChI=1S/C12H15N5O.ClH/c1-17(7-4-14-5-7)9-6-16-11(12(13)18)10-8(9)2-3-15-10;/h2-3,6-7,14-15H,4-5H2,1H3,(H2,13,18);1H. The fourth-order valence-electron chi connectivity index (χ4n) is 2.25. The highest BCUT2D eigenvalue weighted by Crippen LogP contribution is 2.28. The predicted molar refractivity (Wildman–Crippen MR) is 76.9 cm³/mol. The molecule has 0 unspecified atom stereocenters. The van der Waals surface area contributed by atoms with Crippen LogP contribution < -0.4 is 16.0 Å². The normalized spacial score (nSPS) is 14.8. The van der Waals surface area contributed by atoms with Crippen LogP contribution >= 0.6 is 12.4 Å². The molecule has 1 saturated heterocycles. The van der Waals surface area contributed by atoms with E-state index in [-0.39, 0.29) is 12.4 Å². The molecule has 4 N–H and O–H groups in total. The minimum atomic E-state index is -0.512. The third-order valence-electron chi connectivity index (χ3n) is 3.50. The number of halogens is 1. The lowest BCUT2D eigenvalue weighted by atomic mass is 10.1. The molecule has 2 aromatic heterocycles. The second kappa shape index (κ2) is 5.07. The van der Waals surface area contributed by atoms with Crippen LogP contribution in [0.5, 0.6) is 0 Å². The number of amides is 1. The van der Waals surface area contributed by atoms with Crippen LogP contribution in [0.2, 0.25) is 0 Å². The van der Waals surface area contributed by atoms with Crippen molar-refractivity contribution in [3.63, 3.8) is 0 Å². The molecule has 3 rings (SSSR count). The Kier molecular flexibility index (Phi) is 3.64. The highest BCUT2D eigenvalue weighted by atomic mass is 35.5. The number of nitrogens with one attached hydrogen (secondary N) is 2. The number of hydrogen-bond acceptors (Lipinski definition) is 4. The van der Waals surface area contributed by atoms with Crippen molar-refractivity contribution in [2.24, 2.45) is 5.73 Å². The van der Waals surface area contributed by atoms with E-state index in [0.29, 0.717) is 17.3 Å². The Morgan fingerprint density at radius 3 is 2.84 bits per heavy atom. The van der Waals surface area contributed by atoms with Gasteiger partial charge in [-0.15, -0.1) is 12.4 Å². The largest absolute Gasteiger partial charge is 0.367 e. The summed E-state index contributed by atoms with van der Waals surface area (Å²) in [6.45, 7) is 1.94. The summed E-state index contributed by atoms with van der Waals surface area (Å²) >= 11 is 0. The summed E-state index contributed by atoms with van der Waals surface area (Å²) in [7, 11) is 2.04. The van der Waals surface area contributed by atoms with Gasteiger partial charge in [-0.25, -0.2) is 4.98 Å². The maximum atomic E-state index is 11.3. The topological polar surface area (TPSA) is 87.0 Å². The number of rotatable bonds is 3. The Bertz CT molecular complexity index is 607. The summed E-state index contributed by atoms with van der Waals surface area (Å²) in [6.07, 6.45) is 3.52. The van der Waals surface area contributed by atoms with E-state index in [1.165, 1.54) is 0 Å². The molecule has 0 aromatic carbocycles. The highest BCUT2D eigenvalue weighted by molar-refractivity contribution is 6.06. The first kappa shape index (κ1) is 13.6. The van der Waals surface area contributed by atoms with Gasteiger partial charge >= 0.3 is 0 Å². The summed E-state index contributed by atoms with van der Waals surface area (Å²) in [4.78, 5) is 20.7. The second-order valence-corrected chi connectivity index (χ2v) is 4.55. The number of primary amides is 1. The third-order valence-corrected chi connectivity index (χ3v) is 3.50. The smallest absolute Gasteiger partial charge is 0.269 e. The van der Waals surface area contributed by atoms with Gasteiger partial charge in [0.15, 0.2) is 5.69 Å². The van der Waals surface area contributed by atoms with Gasteiger partial charge in [-0.05, 0) is 6.07 Å². The molecule has 3 heterocycles. The van der Waals surface area contributed by atoms with Gasteiger partial charge < -0.3 is 20.9 Å². The molecule has 1 fully saturated rings. The van der Waals surface area contributed by atoms with Crippen LogP contribution in [0.4, 0.5) is 5.69 Å². The van der Waals surface area contributed by atoms with Gasteiger partial charge in [0, 0.05) is 31.7 Å². The summed E-state index contributed by atoms with van der Waals surface area (Å²) in [5.74, 6) is -0.512. The Balaban J connectivity index is 0.00000133. The van der Waals surface area contributed by atoms with Crippen LogP contribution in [-0.2, 0) is 0 Å². The molecular weight excluding hydrogens is 266 g/mol. The van der Waals surface area contributed by atoms with E-state index in [0.717, 1.165) is 24.2 Å². The number of anilines is 1. The molecule has 6 nitrogen and oxygen atoms in total. The number of aromatic amines is 1. The lowest BCUT2D eigenvalue weighted by molar-refractivity contribution is 0.0997. The number of nitrogens with zero attached hydrogens (tertiary/aromatic N) is 2. The summed E-state index contributed by atoms with van der Waals surface area (Å²) in [6, 6.07) is 2.42. The van der Waals surface area contributed by atoms with Crippen LogP contribution in [0.25, 0.3) is 10.9 Å². The van der Waals surface area contributed by atoms with Gasteiger partial charge in [0.1, 0.15) is 0 Å². The predicted octanol–water partition coefficient (Wildman–Crippen LogP) is 0.492. The van der Waals surface area contributed by atoms with Crippen LogP contribution in [0, 0.1) is 0 Å². The monoisotopic (exact) mass is 281 g/mol. The highest BCUT2D eigenvalue weighted by Gasteiger charge is 2.24. The molecular formula is C12H16ClN5O. The van der Waals surface area contributed by atoms with Crippen LogP contribution in [-0.4, -0.2) is 42.1 Å². The molecule has 1 aliphatic rings. The number of carbonyl (C=O) groups excluding carboxylic acids is 1. The summed E-state index contributed by atoms with van der Waals surface area (Å²) in [5.41, 5.74) is 7.33. The molecule has 102 valence electrons. The number of pyridine rings is 1. The molecule has 2 aromatic rings. The summed E-state index contributed by atoms with van der Waals surface area (Å²) < 4.78 is 0. The van der Waals surface area contributed by atoms with Crippen molar-refractivity contribution in [1.29, 1.82) is 0 Å².